The third kappa shape index (κ3) is 6.43. The number of rotatable bonds is 6. The van der Waals surface area contributed by atoms with Gasteiger partial charge in [0.2, 0.25) is 0 Å². The van der Waals surface area contributed by atoms with Gasteiger partial charge in [-0.25, -0.2) is 15.0 Å². The molecule has 6 aromatic rings. The van der Waals surface area contributed by atoms with E-state index in [0.29, 0.717) is 60.5 Å². The maximum atomic E-state index is 12.3. The molecule has 228 valence electrons. The fraction of sp³-hybridized carbons (Fsp3) is 0.250. The minimum Gasteiger partial charge on any atom is -0.495 e. The fourth-order valence-electron chi connectivity index (χ4n) is 4.35. The van der Waals surface area contributed by atoms with Crippen LogP contribution in [0.3, 0.4) is 0 Å². The number of aromatic nitrogens is 4. The predicted octanol–water partition coefficient (Wildman–Crippen LogP) is 10.2. The molecule has 6 rings (SSSR count). The van der Waals surface area contributed by atoms with Crippen LogP contribution < -0.4 is 14.9 Å². The normalized spacial score (nSPS) is 11.3. The summed E-state index contributed by atoms with van der Waals surface area (Å²) in [4.78, 5) is 29.4. The summed E-state index contributed by atoms with van der Waals surface area (Å²) in [7, 11) is 3.12. The maximum absolute atomic E-state index is 12.3. The van der Waals surface area contributed by atoms with Gasteiger partial charge >= 0.3 is 0 Å². The summed E-state index contributed by atoms with van der Waals surface area (Å²) >= 11 is 22.1. The lowest BCUT2D eigenvalue weighted by molar-refractivity contribution is 0.415. The molecule has 0 amide bonds. The van der Waals surface area contributed by atoms with E-state index >= 15 is 0 Å². The first kappa shape index (κ1) is 32.2. The van der Waals surface area contributed by atoms with Gasteiger partial charge in [0.1, 0.15) is 37.3 Å². The number of pyridine rings is 2. The average Bonchev–Trinajstić information content (AvgIpc) is 3.70. The number of hydrogen-bond donors (Lipinski definition) is 1. The minimum absolute atomic E-state index is 0.0883. The Balaban J connectivity index is 0.000000175. The van der Waals surface area contributed by atoms with Gasteiger partial charge in [0.05, 0.1) is 47.4 Å². The predicted molar refractivity (Wildman–Crippen MR) is 185 cm³/mol. The Labute approximate surface area is 277 Å². The number of fused-ring (bicyclic) bond motifs is 2. The van der Waals surface area contributed by atoms with Gasteiger partial charge in [0.25, 0.3) is 0 Å². The highest BCUT2D eigenvalue weighted by molar-refractivity contribution is 7.13. The van der Waals surface area contributed by atoms with Crippen molar-refractivity contribution in [1.29, 1.82) is 0 Å². The molecule has 0 aliphatic rings. The van der Waals surface area contributed by atoms with Gasteiger partial charge in [0, 0.05) is 27.6 Å². The van der Waals surface area contributed by atoms with E-state index < -0.39 is 0 Å². The van der Waals surface area contributed by atoms with E-state index in [-0.39, 0.29) is 5.43 Å². The van der Waals surface area contributed by atoms with Crippen LogP contribution in [0.5, 0.6) is 11.5 Å². The standard InChI is InChI=1S/C16H14Cl2N2OS.C16H15ClN2O2S/c1-8(2)12-7-22-16(20-12)11-6-10(17)9-4-5-13(21-3)14(18)15(9)19-11;1-8(2)11-7-22-16(19-11)10-6-12(20)9-4-5-13(21-3)14(17)15(9)18-10/h4-8H,1-3H3;4-8H,1-3H3,(H,18,20). The molecule has 0 unspecified atom stereocenters. The number of methoxy groups -OCH3 is 2. The lowest BCUT2D eigenvalue weighted by atomic mass is 10.1. The molecular formula is C32H29Cl3N4O3S2. The number of nitrogens with one attached hydrogen (secondary N) is 1. The van der Waals surface area contributed by atoms with E-state index in [0.717, 1.165) is 32.5 Å². The zero-order valence-electron chi connectivity index (χ0n) is 24.8. The zero-order chi connectivity index (χ0) is 31.7. The number of aromatic amines is 1. The molecule has 0 saturated carbocycles. The Hall–Kier alpha value is -3.21. The average molecular weight is 688 g/mol. The highest BCUT2D eigenvalue weighted by atomic mass is 35.5. The van der Waals surface area contributed by atoms with Gasteiger partial charge in [-0.2, -0.15) is 0 Å². The van der Waals surface area contributed by atoms with E-state index in [1.54, 1.807) is 49.8 Å². The molecule has 0 aliphatic heterocycles. The van der Waals surface area contributed by atoms with E-state index in [4.69, 9.17) is 44.3 Å². The molecule has 1 N–H and O–H groups in total. The number of hydrogen-bond acceptors (Lipinski definition) is 8. The van der Waals surface area contributed by atoms with E-state index in [2.05, 4.69) is 47.6 Å². The summed E-state index contributed by atoms with van der Waals surface area (Å²) in [5.41, 5.74) is 4.57. The van der Waals surface area contributed by atoms with Crippen molar-refractivity contribution in [3.05, 3.63) is 83.8 Å². The van der Waals surface area contributed by atoms with Crippen LogP contribution >= 0.6 is 57.5 Å². The number of benzene rings is 2. The van der Waals surface area contributed by atoms with Crippen molar-refractivity contribution in [1.82, 2.24) is 19.9 Å². The van der Waals surface area contributed by atoms with Crippen LogP contribution in [0.2, 0.25) is 15.1 Å². The van der Waals surface area contributed by atoms with Crippen LogP contribution in [0.25, 0.3) is 43.2 Å². The van der Waals surface area contributed by atoms with Crippen molar-refractivity contribution in [3.8, 4) is 32.9 Å². The highest BCUT2D eigenvalue weighted by Crippen LogP contribution is 2.38. The van der Waals surface area contributed by atoms with Crippen LogP contribution in [0.1, 0.15) is 50.9 Å². The molecule has 0 fully saturated rings. The lowest BCUT2D eigenvalue weighted by Gasteiger charge is -2.08. The molecule has 2 aromatic carbocycles. The first-order valence-corrected chi connectivity index (χ1v) is 16.6. The molecular weight excluding hydrogens is 659 g/mol. The van der Waals surface area contributed by atoms with Gasteiger partial charge in [-0.3, -0.25) is 4.79 Å². The fourth-order valence-corrected chi connectivity index (χ4v) is 7.07. The summed E-state index contributed by atoms with van der Waals surface area (Å²) in [5, 5.41) is 8.48. The summed E-state index contributed by atoms with van der Waals surface area (Å²) in [6.07, 6.45) is 0. The van der Waals surface area contributed by atoms with Gasteiger partial charge < -0.3 is 14.5 Å². The topological polar surface area (TPSA) is 90.0 Å². The Morgan fingerprint density at radius 1 is 0.750 bits per heavy atom. The molecule has 4 aromatic heterocycles. The smallest absolute Gasteiger partial charge is 0.190 e. The van der Waals surface area contributed by atoms with Crippen LogP contribution in [0.4, 0.5) is 0 Å². The van der Waals surface area contributed by atoms with E-state index in [9.17, 15) is 4.79 Å². The summed E-state index contributed by atoms with van der Waals surface area (Å²) < 4.78 is 10.5. The van der Waals surface area contributed by atoms with Crippen LogP contribution in [-0.2, 0) is 0 Å². The zero-order valence-corrected chi connectivity index (χ0v) is 28.7. The van der Waals surface area contributed by atoms with Crippen molar-refractivity contribution in [2.75, 3.05) is 14.2 Å². The molecule has 0 bridgehead atoms. The number of halogens is 3. The Kier molecular flexibility index (Phi) is 9.82. The second kappa shape index (κ2) is 13.4. The number of thiazole rings is 2. The first-order valence-electron chi connectivity index (χ1n) is 13.7. The van der Waals surface area contributed by atoms with Crippen molar-refractivity contribution in [2.24, 2.45) is 0 Å². The molecule has 44 heavy (non-hydrogen) atoms. The quantitative estimate of drug-likeness (QED) is 0.187. The van der Waals surface area contributed by atoms with Crippen LogP contribution in [0.15, 0.2) is 52.0 Å². The van der Waals surface area contributed by atoms with Crippen LogP contribution in [-0.4, -0.2) is 34.2 Å². The molecule has 0 radical (unpaired) electrons. The summed E-state index contributed by atoms with van der Waals surface area (Å²) in [6, 6.07) is 10.5. The Bertz CT molecular complexity index is 2040. The third-order valence-corrected chi connectivity index (χ3v) is 9.69. The highest BCUT2D eigenvalue weighted by Gasteiger charge is 2.16. The minimum atomic E-state index is -0.0883. The molecule has 0 aliphatic carbocycles. The third-order valence-electron chi connectivity index (χ3n) is 6.86. The molecule has 0 atom stereocenters. The van der Waals surface area contributed by atoms with Crippen molar-refractivity contribution in [2.45, 2.75) is 39.5 Å². The SMILES string of the molecule is COc1ccc2c(=O)cc(-c3nc(C(C)C)cs3)[nH]c2c1Cl.COc1ccc2c(Cl)cc(-c3nc(C(C)C)cs3)nc2c1Cl. The molecule has 7 nitrogen and oxygen atoms in total. The second-order valence-electron chi connectivity index (χ2n) is 10.5. The van der Waals surface area contributed by atoms with E-state index in [1.165, 1.54) is 11.3 Å². The molecule has 0 spiro atoms. The molecule has 0 saturated heterocycles. The molecule has 12 heteroatoms. The van der Waals surface area contributed by atoms with Gasteiger partial charge in [0.15, 0.2) is 5.43 Å². The number of H-pyrrole nitrogens is 1. The summed E-state index contributed by atoms with van der Waals surface area (Å²) in [5.74, 6) is 1.84. The van der Waals surface area contributed by atoms with Crippen molar-refractivity contribution in [3.63, 3.8) is 0 Å². The monoisotopic (exact) mass is 686 g/mol. The van der Waals surface area contributed by atoms with Crippen molar-refractivity contribution >= 4 is 79.3 Å². The van der Waals surface area contributed by atoms with Gasteiger partial charge in [-0.1, -0.05) is 62.5 Å². The van der Waals surface area contributed by atoms with Gasteiger partial charge in [-0.05, 0) is 42.2 Å². The van der Waals surface area contributed by atoms with E-state index in [1.807, 2.05) is 22.9 Å². The molecule has 4 heterocycles. The van der Waals surface area contributed by atoms with Crippen molar-refractivity contribution < 1.29 is 9.47 Å². The Morgan fingerprint density at radius 3 is 1.91 bits per heavy atom. The number of ether oxygens (including phenoxy) is 2. The maximum Gasteiger partial charge on any atom is 0.190 e. The lowest BCUT2D eigenvalue weighted by Crippen LogP contribution is -2.04. The largest absolute Gasteiger partial charge is 0.495 e. The summed E-state index contributed by atoms with van der Waals surface area (Å²) in [6.45, 7) is 8.40. The second-order valence-corrected chi connectivity index (χ2v) is 13.4. The van der Waals surface area contributed by atoms with Crippen LogP contribution in [0, 0.1) is 0 Å². The first-order chi connectivity index (χ1) is 21.0. The Morgan fingerprint density at radius 2 is 1.32 bits per heavy atom. The van der Waals surface area contributed by atoms with Gasteiger partial charge in [-0.15, -0.1) is 22.7 Å². The number of nitrogens with zero attached hydrogens (tertiary/aromatic N) is 3.